The first-order valence-corrected chi connectivity index (χ1v) is 10.8. The second kappa shape index (κ2) is 12.1. The number of ketones is 1. The third-order valence-corrected chi connectivity index (χ3v) is 5.53. The molecule has 7 heteroatoms. The molecule has 1 aromatic carbocycles. The van der Waals surface area contributed by atoms with Gasteiger partial charge in [0.2, 0.25) is 5.75 Å². The third-order valence-electron chi connectivity index (χ3n) is 5.53. The van der Waals surface area contributed by atoms with Crippen LogP contribution in [0.1, 0.15) is 57.9 Å². The van der Waals surface area contributed by atoms with E-state index in [-0.39, 0.29) is 41.8 Å². The molecule has 0 radical (unpaired) electrons. The number of carbonyl (C=O) groups is 2. The number of hydrogen-bond donors (Lipinski definition) is 2. The van der Waals surface area contributed by atoms with Gasteiger partial charge in [0, 0.05) is 26.0 Å². The van der Waals surface area contributed by atoms with Gasteiger partial charge in [-0.25, -0.2) is 0 Å². The van der Waals surface area contributed by atoms with Gasteiger partial charge in [-0.1, -0.05) is 19.4 Å². The summed E-state index contributed by atoms with van der Waals surface area (Å²) >= 11 is 0. The molecule has 7 nitrogen and oxygen atoms in total. The predicted octanol–water partition coefficient (Wildman–Crippen LogP) is 4.14. The average molecular weight is 432 g/mol. The Balaban J connectivity index is 1.89. The number of rotatable bonds is 13. The highest BCUT2D eigenvalue weighted by molar-refractivity contribution is 5.81. The SMILES string of the molecule is CCC(CCC(CC(=O)CCc1cc(O)c(O)c(OC)c1)OC(C)=O)CC1=CCN=C1. The molecule has 31 heavy (non-hydrogen) atoms. The molecule has 2 atom stereocenters. The lowest BCUT2D eigenvalue weighted by Crippen LogP contribution is -2.22. The Morgan fingerprint density at radius 1 is 1.23 bits per heavy atom. The minimum absolute atomic E-state index is 0.0172. The number of aromatic hydroxyl groups is 2. The van der Waals surface area contributed by atoms with Crippen LogP contribution in [-0.4, -0.2) is 47.9 Å². The van der Waals surface area contributed by atoms with Gasteiger partial charge in [-0.2, -0.15) is 0 Å². The summed E-state index contributed by atoms with van der Waals surface area (Å²) in [5.74, 6) is -0.393. The van der Waals surface area contributed by atoms with Crippen LogP contribution in [0.3, 0.4) is 0 Å². The molecule has 1 aliphatic heterocycles. The number of Topliss-reactive ketones (excluding diaryl/α,β-unsaturated/α-hetero) is 1. The summed E-state index contributed by atoms with van der Waals surface area (Å²) in [6.07, 6.45) is 7.89. The molecule has 0 spiro atoms. The molecule has 0 bridgehead atoms. The van der Waals surface area contributed by atoms with Crippen molar-refractivity contribution in [2.24, 2.45) is 10.9 Å². The van der Waals surface area contributed by atoms with E-state index in [0.717, 1.165) is 25.8 Å². The molecule has 1 aromatic rings. The Hall–Kier alpha value is -2.83. The first kappa shape index (κ1) is 24.4. The fourth-order valence-electron chi connectivity index (χ4n) is 3.76. The van der Waals surface area contributed by atoms with Crippen LogP contribution < -0.4 is 4.74 Å². The summed E-state index contributed by atoms with van der Waals surface area (Å²) in [6, 6.07) is 3.01. The second-order valence-corrected chi connectivity index (χ2v) is 7.97. The summed E-state index contributed by atoms with van der Waals surface area (Å²) in [4.78, 5) is 28.3. The van der Waals surface area contributed by atoms with Gasteiger partial charge < -0.3 is 19.7 Å². The molecule has 0 saturated heterocycles. The van der Waals surface area contributed by atoms with Gasteiger partial charge >= 0.3 is 5.97 Å². The Morgan fingerprint density at radius 3 is 2.61 bits per heavy atom. The standard InChI is InChI=1S/C24H33NO6/c1-4-17(11-19-9-10-25-15-19)6-8-21(31-16(2)26)14-20(27)7-5-18-12-22(28)24(29)23(13-18)30-3/h9,12-13,15,17,21,28-29H,4-8,10-11,14H2,1-3H3. The van der Waals surface area contributed by atoms with Crippen molar-refractivity contribution in [3.05, 3.63) is 29.3 Å². The average Bonchev–Trinajstić information content (AvgIpc) is 3.24. The Kier molecular flexibility index (Phi) is 9.56. The van der Waals surface area contributed by atoms with E-state index < -0.39 is 6.10 Å². The van der Waals surface area contributed by atoms with E-state index in [1.165, 1.54) is 25.7 Å². The molecule has 0 aliphatic carbocycles. The van der Waals surface area contributed by atoms with Crippen LogP contribution in [0.5, 0.6) is 17.2 Å². The summed E-state index contributed by atoms with van der Waals surface area (Å²) in [5, 5.41) is 19.5. The van der Waals surface area contributed by atoms with Crippen LogP contribution in [0.25, 0.3) is 0 Å². The predicted molar refractivity (Wildman–Crippen MR) is 119 cm³/mol. The maximum atomic E-state index is 12.5. The van der Waals surface area contributed by atoms with Crippen molar-refractivity contribution in [2.45, 2.75) is 64.9 Å². The maximum absolute atomic E-state index is 12.5. The van der Waals surface area contributed by atoms with E-state index in [9.17, 15) is 19.8 Å². The number of allylic oxidation sites excluding steroid dienone is 1. The number of benzene rings is 1. The summed E-state index contributed by atoms with van der Waals surface area (Å²) in [6.45, 7) is 4.26. The van der Waals surface area contributed by atoms with E-state index >= 15 is 0 Å². The molecular formula is C24H33NO6. The monoisotopic (exact) mass is 431 g/mol. The minimum atomic E-state index is -0.437. The molecule has 2 N–H and O–H groups in total. The van der Waals surface area contributed by atoms with E-state index in [1.807, 2.05) is 6.21 Å². The van der Waals surface area contributed by atoms with Crippen molar-refractivity contribution in [1.29, 1.82) is 0 Å². The largest absolute Gasteiger partial charge is 0.504 e. The quantitative estimate of drug-likeness (QED) is 0.359. The molecule has 1 heterocycles. The van der Waals surface area contributed by atoms with Crippen LogP contribution in [0, 0.1) is 5.92 Å². The molecule has 0 aromatic heterocycles. The van der Waals surface area contributed by atoms with Crippen LogP contribution in [0.15, 0.2) is 28.8 Å². The number of nitrogens with zero attached hydrogens (tertiary/aromatic N) is 1. The zero-order valence-electron chi connectivity index (χ0n) is 18.6. The van der Waals surface area contributed by atoms with Crippen LogP contribution in [-0.2, 0) is 20.7 Å². The lowest BCUT2D eigenvalue weighted by atomic mass is 9.90. The highest BCUT2D eigenvalue weighted by Gasteiger charge is 2.20. The molecular weight excluding hydrogens is 398 g/mol. The van der Waals surface area contributed by atoms with E-state index in [4.69, 9.17) is 9.47 Å². The number of carbonyl (C=O) groups excluding carboxylic acids is 2. The number of aryl methyl sites for hydroxylation is 1. The van der Waals surface area contributed by atoms with Gasteiger partial charge in [0.1, 0.15) is 11.9 Å². The van der Waals surface area contributed by atoms with Gasteiger partial charge in [-0.05, 0) is 54.9 Å². The summed E-state index contributed by atoms with van der Waals surface area (Å²) < 4.78 is 10.4. The number of methoxy groups -OCH3 is 1. The normalized spacial score (nSPS) is 14.7. The van der Waals surface area contributed by atoms with E-state index in [2.05, 4.69) is 18.0 Å². The fourth-order valence-corrected chi connectivity index (χ4v) is 3.76. The summed E-state index contributed by atoms with van der Waals surface area (Å²) in [5.41, 5.74) is 1.93. The smallest absolute Gasteiger partial charge is 0.302 e. The first-order chi connectivity index (χ1) is 14.8. The van der Waals surface area contributed by atoms with Crippen molar-refractivity contribution in [2.75, 3.05) is 13.7 Å². The van der Waals surface area contributed by atoms with Gasteiger partial charge in [-0.15, -0.1) is 0 Å². The minimum Gasteiger partial charge on any atom is -0.504 e. The zero-order valence-corrected chi connectivity index (χ0v) is 18.6. The highest BCUT2D eigenvalue weighted by atomic mass is 16.5. The van der Waals surface area contributed by atoms with Gasteiger partial charge in [-0.3, -0.25) is 14.6 Å². The maximum Gasteiger partial charge on any atom is 0.302 e. The van der Waals surface area contributed by atoms with E-state index in [1.54, 1.807) is 6.07 Å². The topological polar surface area (TPSA) is 105 Å². The highest BCUT2D eigenvalue weighted by Crippen LogP contribution is 2.36. The molecule has 0 saturated carbocycles. The van der Waals surface area contributed by atoms with Gasteiger partial charge in [0.25, 0.3) is 0 Å². The van der Waals surface area contributed by atoms with Crippen molar-refractivity contribution < 1.29 is 29.3 Å². The van der Waals surface area contributed by atoms with Crippen molar-refractivity contribution in [3.63, 3.8) is 0 Å². The number of esters is 1. The summed E-state index contributed by atoms with van der Waals surface area (Å²) in [7, 11) is 1.40. The molecule has 0 fully saturated rings. The number of phenolic OH excluding ortho intramolecular Hbond substituents is 2. The number of aliphatic imine (C=N–C) groups is 1. The Morgan fingerprint density at radius 2 is 2.00 bits per heavy atom. The second-order valence-electron chi connectivity index (χ2n) is 7.97. The molecule has 1 aliphatic rings. The molecule has 0 amide bonds. The van der Waals surface area contributed by atoms with Crippen LogP contribution in [0.2, 0.25) is 0 Å². The molecule has 2 rings (SSSR count). The molecule has 170 valence electrons. The van der Waals surface area contributed by atoms with E-state index in [0.29, 0.717) is 24.3 Å². The Labute approximate surface area is 183 Å². The van der Waals surface area contributed by atoms with Crippen LogP contribution in [0.4, 0.5) is 0 Å². The zero-order chi connectivity index (χ0) is 22.8. The van der Waals surface area contributed by atoms with Gasteiger partial charge in [0.15, 0.2) is 11.5 Å². The lowest BCUT2D eigenvalue weighted by Gasteiger charge is -2.20. The van der Waals surface area contributed by atoms with Crippen molar-refractivity contribution in [3.8, 4) is 17.2 Å². The number of ether oxygens (including phenoxy) is 2. The third kappa shape index (κ3) is 8.07. The lowest BCUT2D eigenvalue weighted by molar-refractivity contribution is -0.148. The number of phenols is 2. The fraction of sp³-hybridized carbons (Fsp3) is 0.542. The molecule has 2 unspecified atom stereocenters. The van der Waals surface area contributed by atoms with Crippen molar-refractivity contribution in [1.82, 2.24) is 0 Å². The van der Waals surface area contributed by atoms with Gasteiger partial charge in [0.05, 0.1) is 13.7 Å². The Bertz CT molecular complexity index is 830. The number of hydrogen-bond acceptors (Lipinski definition) is 7. The van der Waals surface area contributed by atoms with Crippen molar-refractivity contribution >= 4 is 18.0 Å². The van der Waals surface area contributed by atoms with Crippen LogP contribution >= 0.6 is 0 Å². The first-order valence-electron chi connectivity index (χ1n) is 10.8.